The van der Waals surface area contributed by atoms with E-state index in [9.17, 15) is 13.2 Å². The van der Waals surface area contributed by atoms with Crippen LogP contribution >= 0.6 is 0 Å². The minimum atomic E-state index is -3.48. The highest BCUT2D eigenvalue weighted by Crippen LogP contribution is 2.11. The Balaban J connectivity index is 4.22. The highest BCUT2D eigenvalue weighted by molar-refractivity contribution is 7.89. The quantitative estimate of drug-likeness (QED) is 0.629. The van der Waals surface area contributed by atoms with Gasteiger partial charge in [0, 0.05) is 6.54 Å². The predicted octanol–water partition coefficient (Wildman–Crippen LogP) is 1.08. The summed E-state index contributed by atoms with van der Waals surface area (Å²) in [5.74, 6) is -1.62. The number of aliphatic carboxylic acids is 1. The number of hydrogen-bond donors (Lipinski definition) is 2. The van der Waals surface area contributed by atoms with E-state index >= 15 is 0 Å². The van der Waals surface area contributed by atoms with E-state index in [1.54, 1.807) is 0 Å². The fraction of sp³-hybridized carbons (Fsp3) is 0.917. The van der Waals surface area contributed by atoms with Crippen molar-refractivity contribution in [3.8, 4) is 0 Å². The molecule has 2 N–H and O–H groups in total. The smallest absolute Gasteiger partial charge is 0.307 e. The van der Waals surface area contributed by atoms with Gasteiger partial charge in [0.2, 0.25) is 10.0 Å². The lowest BCUT2D eigenvalue weighted by Gasteiger charge is -2.15. The summed E-state index contributed by atoms with van der Waals surface area (Å²) < 4.78 is 30.8. The van der Waals surface area contributed by atoms with Crippen LogP contribution in [0.2, 0.25) is 0 Å². The molecule has 0 spiro atoms. The van der Waals surface area contributed by atoms with Gasteiger partial charge in [0.1, 0.15) is 0 Å². The van der Waals surface area contributed by atoms with Gasteiger partial charge >= 0.3 is 5.97 Å². The number of ether oxygens (including phenoxy) is 1. The van der Waals surface area contributed by atoms with Gasteiger partial charge in [0.15, 0.2) is 0 Å². The van der Waals surface area contributed by atoms with Crippen LogP contribution in [-0.2, 0) is 19.6 Å². The Morgan fingerprint density at radius 2 is 1.84 bits per heavy atom. The predicted molar refractivity (Wildman–Crippen MR) is 73.5 cm³/mol. The monoisotopic (exact) mass is 295 g/mol. The molecule has 0 aromatic rings. The summed E-state index contributed by atoms with van der Waals surface area (Å²) in [4.78, 5) is 11.0. The van der Waals surface area contributed by atoms with Crippen molar-refractivity contribution in [1.82, 2.24) is 4.72 Å². The number of nitrogens with one attached hydrogen (secondary N) is 1. The maximum atomic E-state index is 11.6. The second kappa shape index (κ2) is 8.50. The first-order chi connectivity index (χ1) is 8.64. The van der Waals surface area contributed by atoms with Crippen molar-refractivity contribution < 1.29 is 23.1 Å². The lowest BCUT2D eigenvalue weighted by atomic mass is 9.98. The van der Waals surface area contributed by atoms with Crippen LogP contribution in [0.1, 0.15) is 34.1 Å². The van der Waals surface area contributed by atoms with Crippen molar-refractivity contribution in [2.24, 2.45) is 11.8 Å². The van der Waals surface area contributed by atoms with Crippen LogP contribution < -0.4 is 4.72 Å². The van der Waals surface area contributed by atoms with Gasteiger partial charge < -0.3 is 9.84 Å². The van der Waals surface area contributed by atoms with E-state index in [0.717, 1.165) is 0 Å². The summed E-state index contributed by atoms with van der Waals surface area (Å²) >= 11 is 0. The molecule has 0 heterocycles. The third-order valence-electron chi connectivity index (χ3n) is 2.46. The first kappa shape index (κ1) is 18.3. The van der Waals surface area contributed by atoms with Gasteiger partial charge in [-0.05, 0) is 26.2 Å². The molecule has 1 unspecified atom stereocenters. The lowest BCUT2D eigenvalue weighted by molar-refractivity contribution is -0.142. The summed E-state index contributed by atoms with van der Waals surface area (Å²) in [6, 6.07) is 0. The van der Waals surface area contributed by atoms with Crippen molar-refractivity contribution in [1.29, 1.82) is 0 Å². The molecule has 0 aromatic carbocycles. The molecule has 7 heteroatoms. The number of hydrogen-bond acceptors (Lipinski definition) is 4. The Labute approximate surface area is 115 Å². The fourth-order valence-corrected chi connectivity index (χ4v) is 2.45. The van der Waals surface area contributed by atoms with Crippen LogP contribution in [-0.4, -0.2) is 44.5 Å². The molecule has 0 saturated carbocycles. The molecule has 1 atom stereocenters. The zero-order valence-electron chi connectivity index (χ0n) is 12.0. The largest absolute Gasteiger partial charge is 0.481 e. The van der Waals surface area contributed by atoms with Crippen molar-refractivity contribution in [2.75, 3.05) is 18.9 Å². The van der Waals surface area contributed by atoms with Gasteiger partial charge in [0.05, 0.1) is 24.4 Å². The van der Waals surface area contributed by atoms with E-state index in [4.69, 9.17) is 9.84 Å². The van der Waals surface area contributed by atoms with Crippen molar-refractivity contribution in [3.05, 3.63) is 0 Å². The zero-order valence-corrected chi connectivity index (χ0v) is 12.9. The Bertz CT molecular complexity index is 364. The van der Waals surface area contributed by atoms with Gasteiger partial charge in [-0.2, -0.15) is 0 Å². The third kappa shape index (κ3) is 9.86. The highest BCUT2D eigenvalue weighted by Gasteiger charge is 2.21. The molecule has 0 amide bonds. The maximum Gasteiger partial charge on any atom is 0.307 e. The van der Waals surface area contributed by atoms with Gasteiger partial charge in [0.25, 0.3) is 0 Å². The molecule has 0 aliphatic carbocycles. The van der Waals surface area contributed by atoms with E-state index in [1.807, 2.05) is 27.7 Å². The van der Waals surface area contributed by atoms with Crippen molar-refractivity contribution in [3.63, 3.8) is 0 Å². The normalized spacial score (nSPS) is 14.0. The molecule has 0 aliphatic rings. The molecular weight excluding hydrogens is 270 g/mol. The van der Waals surface area contributed by atoms with Crippen molar-refractivity contribution in [2.45, 2.75) is 40.2 Å². The average Bonchev–Trinajstić information content (AvgIpc) is 2.22. The van der Waals surface area contributed by atoms with Gasteiger partial charge in [-0.3, -0.25) is 4.79 Å². The molecule has 0 aliphatic heterocycles. The minimum Gasteiger partial charge on any atom is -0.481 e. The van der Waals surface area contributed by atoms with Gasteiger partial charge in [-0.25, -0.2) is 13.1 Å². The Hall–Kier alpha value is -0.660. The number of carboxylic acids is 1. The molecule has 0 radical (unpaired) electrons. The van der Waals surface area contributed by atoms with E-state index in [-0.39, 0.29) is 30.9 Å². The molecule has 0 aromatic heterocycles. The van der Waals surface area contributed by atoms with Crippen LogP contribution in [0.5, 0.6) is 0 Å². The van der Waals surface area contributed by atoms with E-state index in [2.05, 4.69) is 4.72 Å². The summed E-state index contributed by atoms with van der Waals surface area (Å²) in [5.41, 5.74) is 0. The first-order valence-corrected chi connectivity index (χ1v) is 8.11. The average molecular weight is 295 g/mol. The first-order valence-electron chi connectivity index (χ1n) is 6.45. The summed E-state index contributed by atoms with van der Waals surface area (Å²) in [6.45, 7) is 7.49. The van der Waals surface area contributed by atoms with Crippen LogP contribution in [0, 0.1) is 11.8 Å². The Kier molecular flexibility index (Phi) is 8.20. The van der Waals surface area contributed by atoms with Crippen LogP contribution in [0.4, 0.5) is 0 Å². The topological polar surface area (TPSA) is 92.7 Å². The fourth-order valence-electron chi connectivity index (χ4n) is 1.53. The summed E-state index contributed by atoms with van der Waals surface area (Å²) in [6.07, 6.45) is 0.420. The molecule has 6 nitrogen and oxygen atoms in total. The minimum absolute atomic E-state index is 0.0251. The molecule has 114 valence electrons. The second-order valence-electron chi connectivity index (χ2n) is 5.25. The summed E-state index contributed by atoms with van der Waals surface area (Å²) in [5, 5.41) is 9.01. The Morgan fingerprint density at radius 1 is 1.26 bits per heavy atom. The highest BCUT2D eigenvalue weighted by atomic mass is 32.2. The molecule has 0 rings (SSSR count). The van der Waals surface area contributed by atoms with E-state index in [1.165, 1.54) is 0 Å². The zero-order chi connectivity index (χ0) is 15.1. The molecule has 0 bridgehead atoms. The van der Waals surface area contributed by atoms with Crippen molar-refractivity contribution >= 4 is 16.0 Å². The molecular formula is C12H25NO5S. The molecule has 19 heavy (non-hydrogen) atoms. The summed E-state index contributed by atoms with van der Waals surface area (Å²) in [7, 11) is -3.48. The maximum absolute atomic E-state index is 11.6. The van der Waals surface area contributed by atoms with Gasteiger partial charge in [-0.15, -0.1) is 0 Å². The third-order valence-corrected chi connectivity index (χ3v) is 3.77. The lowest BCUT2D eigenvalue weighted by Crippen LogP contribution is -2.36. The van der Waals surface area contributed by atoms with Crippen LogP contribution in [0.25, 0.3) is 0 Å². The van der Waals surface area contributed by atoms with Crippen LogP contribution in [0.15, 0.2) is 0 Å². The molecule has 0 fully saturated rings. The van der Waals surface area contributed by atoms with Gasteiger partial charge in [-0.1, -0.05) is 13.8 Å². The van der Waals surface area contributed by atoms with E-state index < -0.39 is 21.9 Å². The number of carboxylic acid groups (broad SMARTS) is 1. The van der Waals surface area contributed by atoms with E-state index in [0.29, 0.717) is 6.42 Å². The number of rotatable bonds is 10. The number of sulfonamides is 1. The van der Waals surface area contributed by atoms with Crippen LogP contribution in [0.3, 0.4) is 0 Å². The Morgan fingerprint density at radius 3 is 2.26 bits per heavy atom. The SMILES string of the molecule is CC(C)CC(CNS(=O)(=O)CCOC(C)C)C(=O)O. The molecule has 0 saturated heterocycles. The second-order valence-corrected chi connectivity index (χ2v) is 7.18. The number of carbonyl (C=O) groups is 1. The standard InChI is InChI=1S/C12H25NO5S/c1-9(2)7-11(12(14)15)8-13-19(16,17)6-5-18-10(3)4/h9-11,13H,5-8H2,1-4H3,(H,14,15).